The highest BCUT2D eigenvalue weighted by atomic mass is 16.6. The van der Waals surface area contributed by atoms with Gasteiger partial charge < -0.3 is 14.5 Å². The number of hydrogen-bond donors (Lipinski definition) is 0. The maximum atomic E-state index is 12.8. The zero-order chi connectivity index (χ0) is 22.8. The van der Waals surface area contributed by atoms with Crippen LogP contribution in [-0.4, -0.2) is 50.1 Å². The van der Waals surface area contributed by atoms with E-state index in [9.17, 15) is 9.59 Å². The summed E-state index contributed by atoms with van der Waals surface area (Å²) >= 11 is 0. The molecule has 0 aromatic heterocycles. The van der Waals surface area contributed by atoms with Crippen LogP contribution in [0.1, 0.15) is 33.0 Å². The lowest BCUT2D eigenvalue weighted by Gasteiger charge is -2.35. The molecule has 1 saturated heterocycles. The highest BCUT2D eigenvalue weighted by Crippen LogP contribution is 2.44. The van der Waals surface area contributed by atoms with Crippen LogP contribution in [0.15, 0.2) is 66.7 Å². The summed E-state index contributed by atoms with van der Waals surface area (Å²) in [4.78, 5) is 27.9. The maximum Gasteiger partial charge on any atom is 0.409 e. The maximum absolute atomic E-state index is 12.8. The molecule has 1 heterocycles. The van der Waals surface area contributed by atoms with Gasteiger partial charge in [-0.1, -0.05) is 54.5 Å². The normalized spacial score (nSPS) is 14.9. The Morgan fingerprint density at radius 3 is 2.21 bits per heavy atom. The number of nitrogens with zero attached hydrogens (tertiary/aromatic N) is 2. The van der Waals surface area contributed by atoms with Crippen LogP contribution in [-0.2, 0) is 4.74 Å². The second-order valence-electron chi connectivity index (χ2n) is 8.35. The minimum absolute atomic E-state index is 0.0518. The van der Waals surface area contributed by atoms with Crippen LogP contribution < -0.4 is 4.90 Å². The number of hydrogen-bond acceptors (Lipinski definition) is 4. The first kappa shape index (κ1) is 20.8. The van der Waals surface area contributed by atoms with Crippen molar-refractivity contribution in [1.82, 2.24) is 4.90 Å². The summed E-state index contributed by atoms with van der Waals surface area (Å²) in [6.45, 7) is 2.72. The number of carbonyl (C=O) groups is 2. The van der Waals surface area contributed by atoms with Crippen LogP contribution in [0.2, 0.25) is 0 Å². The van der Waals surface area contributed by atoms with Crippen LogP contribution in [0.25, 0.3) is 11.1 Å². The summed E-state index contributed by atoms with van der Waals surface area (Å²) in [6, 6.07) is 22.1. The van der Waals surface area contributed by atoms with E-state index in [1.807, 2.05) is 36.4 Å². The molecule has 1 fully saturated rings. The highest BCUT2D eigenvalue weighted by Gasteiger charge is 2.30. The van der Waals surface area contributed by atoms with Crippen LogP contribution in [0.5, 0.6) is 0 Å². The first-order valence-corrected chi connectivity index (χ1v) is 11.1. The molecule has 2 aliphatic rings. The van der Waals surface area contributed by atoms with Gasteiger partial charge in [-0.15, -0.1) is 6.42 Å². The number of carbonyl (C=O) groups excluding carboxylic acids is 2. The van der Waals surface area contributed by atoms with Gasteiger partial charge in [0.2, 0.25) is 0 Å². The molecule has 1 aliphatic carbocycles. The third-order valence-electron chi connectivity index (χ3n) is 6.48. The van der Waals surface area contributed by atoms with Gasteiger partial charge in [-0.2, -0.15) is 0 Å². The number of ether oxygens (including phenoxy) is 1. The molecular weight excluding hydrogens is 412 g/mol. The molecular formula is C28H24N2O3. The minimum atomic E-state index is -0.289. The lowest BCUT2D eigenvalue weighted by molar-refractivity contribution is 0.0976. The predicted molar refractivity (Wildman–Crippen MR) is 129 cm³/mol. The molecule has 1 amide bonds. The van der Waals surface area contributed by atoms with Gasteiger partial charge in [-0.3, -0.25) is 4.79 Å². The van der Waals surface area contributed by atoms with Gasteiger partial charge in [0.25, 0.3) is 0 Å². The minimum Gasteiger partial charge on any atom is -0.448 e. The molecule has 5 rings (SSSR count). The molecule has 0 unspecified atom stereocenters. The molecule has 0 bridgehead atoms. The molecule has 0 N–H and O–H groups in total. The van der Waals surface area contributed by atoms with Gasteiger partial charge >= 0.3 is 6.09 Å². The molecule has 0 radical (unpaired) electrons. The van der Waals surface area contributed by atoms with E-state index in [1.54, 1.807) is 11.0 Å². The van der Waals surface area contributed by atoms with Crippen LogP contribution in [0.3, 0.4) is 0 Å². The summed E-state index contributed by atoms with van der Waals surface area (Å²) in [5, 5.41) is 0. The summed E-state index contributed by atoms with van der Waals surface area (Å²) in [5.74, 6) is 2.65. The number of amides is 1. The molecule has 0 saturated carbocycles. The van der Waals surface area contributed by atoms with Crippen LogP contribution in [0, 0.1) is 12.3 Å². The smallest absolute Gasteiger partial charge is 0.409 e. The molecule has 0 spiro atoms. The molecule has 33 heavy (non-hydrogen) atoms. The van der Waals surface area contributed by atoms with Crippen molar-refractivity contribution in [2.45, 2.75) is 5.92 Å². The van der Waals surface area contributed by atoms with Crippen molar-refractivity contribution in [3.63, 3.8) is 0 Å². The molecule has 1 aliphatic heterocycles. The van der Waals surface area contributed by atoms with Crippen LogP contribution in [0.4, 0.5) is 10.5 Å². The Hall–Kier alpha value is -4.04. The summed E-state index contributed by atoms with van der Waals surface area (Å²) in [7, 11) is 0. The Balaban J connectivity index is 1.22. The van der Waals surface area contributed by atoms with Crippen LogP contribution >= 0.6 is 0 Å². The first-order chi connectivity index (χ1) is 16.2. The van der Waals surface area contributed by atoms with Gasteiger partial charge in [0, 0.05) is 48.9 Å². The average molecular weight is 437 g/mol. The molecule has 5 heteroatoms. The van der Waals surface area contributed by atoms with Crippen molar-refractivity contribution in [3.05, 3.63) is 89.0 Å². The fourth-order valence-electron chi connectivity index (χ4n) is 4.80. The standard InChI is InChI=1S/C28H24N2O3/c1-2-20-15-21(18-31)17-22(16-20)29-11-13-30(14-12-29)28(32)33-19-27-25-9-5-3-7-23(25)24-8-4-6-10-26(24)27/h1,3-10,15-18,27H,11-14,19H2. The molecule has 164 valence electrons. The Bertz CT molecular complexity index is 1210. The van der Waals surface area contributed by atoms with E-state index < -0.39 is 0 Å². The van der Waals surface area contributed by atoms with Crippen molar-refractivity contribution in [2.75, 3.05) is 37.7 Å². The van der Waals surface area contributed by atoms with E-state index >= 15 is 0 Å². The van der Waals surface area contributed by atoms with Crippen molar-refractivity contribution >= 4 is 18.1 Å². The highest BCUT2D eigenvalue weighted by molar-refractivity contribution is 5.80. The Morgan fingerprint density at radius 1 is 0.970 bits per heavy atom. The van der Waals surface area contributed by atoms with Gasteiger partial charge in [0.1, 0.15) is 12.9 Å². The second kappa shape index (κ2) is 8.84. The lowest BCUT2D eigenvalue weighted by Crippen LogP contribution is -2.49. The largest absolute Gasteiger partial charge is 0.448 e. The van der Waals surface area contributed by atoms with Gasteiger partial charge in [-0.25, -0.2) is 4.79 Å². The van der Waals surface area contributed by atoms with Crippen molar-refractivity contribution in [1.29, 1.82) is 0 Å². The monoisotopic (exact) mass is 436 g/mol. The number of piperazine rings is 1. The van der Waals surface area contributed by atoms with E-state index in [1.165, 1.54) is 22.3 Å². The summed E-state index contributed by atoms with van der Waals surface area (Å²) in [6.07, 6.45) is 6.04. The SMILES string of the molecule is C#Cc1cc(C=O)cc(N2CCN(C(=O)OCC3c4ccccc4-c4ccccc43)CC2)c1. The fraction of sp³-hybridized carbons (Fsp3) is 0.214. The zero-order valence-electron chi connectivity index (χ0n) is 18.2. The van der Waals surface area contributed by atoms with E-state index in [0.29, 0.717) is 43.9 Å². The third kappa shape index (κ3) is 3.96. The van der Waals surface area contributed by atoms with Gasteiger partial charge in [0.15, 0.2) is 0 Å². The van der Waals surface area contributed by atoms with E-state index in [2.05, 4.69) is 35.1 Å². The topological polar surface area (TPSA) is 49.9 Å². The number of rotatable bonds is 4. The number of aldehydes is 1. The van der Waals surface area contributed by atoms with Gasteiger partial charge in [0.05, 0.1) is 0 Å². The van der Waals surface area contributed by atoms with Crippen molar-refractivity contribution in [2.24, 2.45) is 0 Å². The van der Waals surface area contributed by atoms with E-state index in [4.69, 9.17) is 11.2 Å². The fourth-order valence-corrected chi connectivity index (χ4v) is 4.80. The average Bonchev–Trinajstić information content (AvgIpc) is 3.20. The number of terminal acetylenes is 1. The Morgan fingerprint density at radius 2 is 1.61 bits per heavy atom. The van der Waals surface area contributed by atoms with Crippen molar-refractivity contribution in [3.8, 4) is 23.5 Å². The third-order valence-corrected chi connectivity index (χ3v) is 6.48. The summed E-state index contributed by atoms with van der Waals surface area (Å²) < 4.78 is 5.79. The van der Waals surface area contributed by atoms with E-state index in [-0.39, 0.29) is 12.0 Å². The zero-order valence-corrected chi connectivity index (χ0v) is 18.2. The molecule has 3 aromatic rings. The number of fused-ring (bicyclic) bond motifs is 3. The van der Waals surface area contributed by atoms with E-state index in [0.717, 1.165) is 12.0 Å². The second-order valence-corrected chi connectivity index (χ2v) is 8.35. The number of benzene rings is 3. The Kier molecular flexibility index (Phi) is 5.58. The molecule has 3 aromatic carbocycles. The quantitative estimate of drug-likeness (QED) is 0.445. The van der Waals surface area contributed by atoms with Crippen molar-refractivity contribution < 1.29 is 14.3 Å². The summed E-state index contributed by atoms with van der Waals surface area (Å²) in [5.41, 5.74) is 6.97. The lowest BCUT2D eigenvalue weighted by atomic mass is 9.98. The first-order valence-electron chi connectivity index (χ1n) is 11.1. The Labute approximate surface area is 193 Å². The molecule has 0 atom stereocenters. The molecule has 5 nitrogen and oxygen atoms in total. The number of anilines is 1. The predicted octanol–water partition coefficient (Wildman–Crippen LogP) is 4.55. The van der Waals surface area contributed by atoms with Gasteiger partial charge in [-0.05, 0) is 40.5 Å².